The van der Waals surface area contributed by atoms with Crippen LogP contribution >= 0.6 is 33.9 Å². The molecule has 0 fully saturated rings. The molecule has 0 bridgehead atoms. The van der Waals surface area contributed by atoms with E-state index in [9.17, 15) is 13.2 Å². The fraction of sp³-hybridized carbons (Fsp3) is 0.136. The zero-order valence-corrected chi connectivity index (χ0v) is 20.0. The Labute approximate surface area is 194 Å². The van der Waals surface area contributed by atoms with E-state index in [4.69, 9.17) is 4.74 Å². The first-order chi connectivity index (χ1) is 14.4. The molecule has 0 aliphatic carbocycles. The van der Waals surface area contributed by atoms with Gasteiger partial charge in [-0.3, -0.25) is 4.31 Å². The monoisotopic (exact) mass is 553 g/mol. The molecule has 8 heteroatoms. The maximum Gasteiger partial charge on any atom is 0.350 e. The number of esters is 1. The van der Waals surface area contributed by atoms with E-state index in [1.807, 2.05) is 54.6 Å². The predicted octanol–water partition coefficient (Wildman–Crippen LogP) is 5.33. The maximum atomic E-state index is 13.1. The van der Waals surface area contributed by atoms with Gasteiger partial charge in [-0.15, -0.1) is 17.9 Å². The van der Waals surface area contributed by atoms with Crippen LogP contribution < -0.4 is 4.31 Å². The molecule has 1 aromatic heterocycles. The first-order valence-electron chi connectivity index (χ1n) is 8.99. The van der Waals surface area contributed by atoms with Gasteiger partial charge in [0.15, 0.2) is 0 Å². The van der Waals surface area contributed by atoms with Gasteiger partial charge in [0.1, 0.15) is 4.88 Å². The van der Waals surface area contributed by atoms with E-state index in [0.717, 1.165) is 19.6 Å². The summed E-state index contributed by atoms with van der Waals surface area (Å²) in [6.07, 6.45) is 1.35. The van der Waals surface area contributed by atoms with Crippen molar-refractivity contribution in [2.45, 2.75) is 6.54 Å². The minimum Gasteiger partial charge on any atom is -0.465 e. The van der Waals surface area contributed by atoms with Crippen LogP contribution in [0.4, 0.5) is 5.69 Å². The fourth-order valence-electron chi connectivity index (χ4n) is 2.92. The van der Waals surface area contributed by atoms with E-state index in [2.05, 4.69) is 29.2 Å². The summed E-state index contributed by atoms with van der Waals surface area (Å²) in [5, 5.41) is 0. The summed E-state index contributed by atoms with van der Waals surface area (Å²) < 4.78 is 33.5. The van der Waals surface area contributed by atoms with Gasteiger partial charge in [-0.25, -0.2) is 13.2 Å². The van der Waals surface area contributed by atoms with Gasteiger partial charge in [-0.05, 0) is 51.9 Å². The highest BCUT2D eigenvalue weighted by Crippen LogP contribution is 2.39. The minimum absolute atomic E-state index is 0.0992. The number of methoxy groups -OCH3 is 1. The van der Waals surface area contributed by atoms with E-state index in [1.165, 1.54) is 28.8 Å². The molecule has 3 rings (SSSR count). The summed E-state index contributed by atoms with van der Waals surface area (Å²) >= 11 is 3.40. The Hall–Kier alpha value is -2.17. The molecule has 0 amide bonds. The molecule has 3 aromatic rings. The molecule has 0 radical (unpaired) electrons. The van der Waals surface area contributed by atoms with Crippen molar-refractivity contribution in [3.63, 3.8) is 0 Å². The lowest BCUT2D eigenvalue weighted by atomic mass is 10.2. The third-order valence-corrected chi connectivity index (χ3v) is 7.77. The highest BCUT2D eigenvalue weighted by molar-refractivity contribution is 14.1. The maximum absolute atomic E-state index is 13.1. The van der Waals surface area contributed by atoms with Gasteiger partial charge < -0.3 is 4.74 Å². The molecule has 0 saturated carbocycles. The van der Waals surface area contributed by atoms with Crippen LogP contribution in [-0.4, -0.2) is 27.2 Å². The zero-order chi connectivity index (χ0) is 21.7. The molecule has 156 valence electrons. The number of anilines is 1. The lowest BCUT2D eigenvalue weighted by molar-refractivity contribution is 0.0607. The highest BCUT2D eigenvalue weighted by Gasteiger charge is 2.29. The van der Waals surface area contributed by atoms with Gasteiger partial charge >= 0.3 is 5.97 Å². The van der Waals surface area contributed by atoms with Gasteiger partial charge in [0, 0.05) is 8.45 Å². The Balaban J connectivity index is 2.17. The van der Waals surface area contributed by atoms with Crippen LogP contribution in [0.3, 0.4) is 0 Å². The number of sulfonamides is 1. The third kappa shape index (κ3) is 5.11. The van der Waals surface area contributed by atoms with Crippen molar-refractivity contribution in [3.8, 4) is 10.4 Å². The van der Waals surface area contributed by atoms with Gasteiger partial charge in [0.2, 0.25) is 10.0 Å². The molecular formula is C22H20INO4S2. The zero-order valence-electron chi connectivity index (χ0n) is 16.2. The van der Waals surface area contributed by atoms with Crippen molar-refractivity contribution in [1.29, 1.82) is 0 Å². The van der Waals surface area contributed by atoms with Gasteiger partial charge in [0.25, 0.3) is 0 Å². The normalized spacial score (nSPS) is 11.1. The Morgan fingerprint density at radius 2 is 1.90 bits per heavy atom. The van der Waals surface area contributed by atoms with Crippen LogP contribution in [0.2, 0.25) is 0 Å². The SMILES string of the molecule is C=CCS(=O)(=O)N(Cc1cccc(I)c1)c1cc(-c2ccccc2)sc1C(=O)OC. The number of nitrogens with zero attached hydrogens (tertiary/aromatic N) is 1. The molecule has 0 saturated heterocycles. The number of hydrogen-bond donors (Lipinski definition) is 0. The average molecular weight is 553 g/mol. The first kappa shape index (κ1) is 22.5. The van der Waals surface area contributed by atoms with Crippen LogP contribution in [0.5, 0.6) is 0 Å². The fourth-order valence-corrected chi connectivity index (χ4v) is 5.94. The molecule has 2 aromatic carbocycles. The number of thiophene rings is 1. The Bertz CT molecular complexity index is 1160. The second kappa shape index (κ2) is 9.76. The summed E-state index contributed by atoms with van der Waals surface area (Å²) in [5.74, 6) is -0.813. The molecule has 5 nitrogen and oxygen atoms in total. The van der Waals surface area contributed by atoms with Gasteiger partial charge in [0.05, 0.1) is 25.1 Å². The molecule has 0 aliphatic heterocycles. The lowest BCUT2D eigenvalue weighted by Gasteiger charge is -2.24. The molecular weight excluding hydrogens is 533 g/mol. The van der Waals surface area contributed by atoms with E-state index in [1.54, 1.807) is 6.07 Å². The summed E-state index contributed by atoms with van der Waals surface area (Å²) in [5.41, 5.74) is 2.03. The smallest absolute Gasteiger partial charge is 0.350 e. The van der Waals surface area contributed by atoms with E-state index in [0.29, 0.717) is 5.69 Å². The Morgan fingerprint density at radius 1 is 1.17 bits per heavy atom. The molecule has 1 heterocycles. The van der Waals surface area contributed by atoms with Crippen molar-refractivity contribution in [1.82, 2.24) is 0 Å². The van der Waals surface area contributed by atoms with Crippen molar-refractivity contribution in [3.05, 3.63) is 87.3 Å². The minimum atomic E-state index is -3.76. The quantitative estimate of drug-likeness (QED) is 0.215. The molecule has 0 spiro atoms. The van der Waals surface area contributed by atoms with Crippen molar-refractivity contribution in [2.24, 2.45) is 0 Å². The average Bonchev–Trinajstić information content (AvgIpc) is 3.17. The number of halogens is 1. The van der Waals surface area contributed by atoms with Crippen LogP contribution in [0.25, 0.3) is 10.4 Å². The standard InChI is InChI=1S/C22H20INO4S2/c1-3-12-30(26,27)24(15-16-8-7-11-18(23)13-16)19-14-20(17-9-5-4-6-10-17)29-21(19)22(25)28-2/h3-11,13-14H,1,12,15H2,2H3. The topological polar surface area (TPSA) is 63.7 Å². The molecule has 0 unspecified atom stereocenters. The largest absolute Gasteiger partial charge is 0.465 e. The van der Waals surface area contributed by atoms with Crippen LogP contribution in [0.1, 0.15) is 15.2 Å². The Kier molecular flexibility index (Phi) is 7.32. The van der Waals surface area contributed by atoms with E-state index >= 15 is 0 Å². The lowest BCUT2D eigenvalue weighted by Crippen LogP contribution is -2.33. The molecule has 0 N–H and O–H groups in total. The van der Waals surface area contributed by atoms with Crippen molar-refractivity contribution >= 4 is 55.6 Å². The molecule has 0 aliphatic rings. The van der Waals surface area contributed by atoms with Crippen LogP contribution in [0.15, 0.2) is 73.3 Å². The van der Waals surface area contributed by atoms with E-state index < -0.39 is 16.0 Å². The van der Waals surface area contributed by atoms with Gasteiger partial charge in [-0.2, -0.15) is 0 Å². The number of rotatable bonds is 8. The highest BCUT2D eigenvalue weighted by atomic mass is 127. The number of carbonyl (C=O) groups is 1. The van der Waals surface area contributed by atoms with Crippen LogP contribution in [0, 0.1) is 3.57 Å². The number of ether oxygens (including phenoxy) is 1. The summed E-state index contributed by atoms with van der Waals surface area (Å²) in [7, 11) is -2.47. The second-order valence-electron chi connectivity index (χ2n) is 6.39. The predicted molar refractivity (Wildman–Crippen MR) is 130 cm³/mol. The Morgan fingerprint density at radius 3 is 2.53 bits per heavy atom. The summed E-state index contributed by atoms with van der Waals surface area (Å²) in [6.45, 7) is 3.67. The van der Waals surface area contributed by atoms with Crippen LogP contribution in [-0.2, 0) is 21.3 Å². The number of carbonyl (C=O) groups excluding carboxylic acids is 1. The summed E-state index contributed by atoms with van der Waals surface area (Å²) in [6, 6.07) is 18.8. The summed E-state index contributed by atoms with van der Waals surface area (Å²) in [4.78, 5) is 13.5. The molecule has 30 heavy (non-hydrogen) atoms. The first-order valence-corrected chi connectivity index (χ1v) is 12.5. The third-order valence-electron chi connectivity index (χ3n) is 4.29. The number of hydrogen-bond acceptors (Lipinski definition) is 5. The van der Waals surface area contributed by atoms with Crippen molar-refractivity contribution in [2.75, 3.05) is 17.2 Å². The second-order valence-corrected chi connectivity index (χ2v) is 10.6. The van der Waals surface area contributed by atoms with E-state index in [-0.39, 0.29) is 17.2 Å². The molecule has 0 atom stereocenters. The van der Waals surface area contributed by atoms with Gasteiger partial charge in [-0.1, -0.05) is 48.5 Å². The van der Waals surface area contributed by atoms with Crippen molar-refractivity contribution < 1.29 is 17.9 Å². The number of benzene rings is 2.